The molecule has 0 aliphatic heterocycles. The highest BCUT2D eigenvalue weighted by molar-refractivity contribution is 7.13. The summed E-state index contributed by atoms with van der Waals surface area (Å²) < 4.78 is 16.4. The van der Waals surface area contributed by atoms with Crippen molar-refractivity contribution in [3.8, 4) is 22.2 Å². The Balaban J connectivity index is 1.66. The Kier molecular flexibility index (Phi) is 6.65. The molecule has 2 aromatic heterocycles. The summed E-state index contributed by atoms with van der Waals surface area (Å²) in [5.74, 6) is 2.18. The molecule has 1 atom stereocenters. The first kappa shape index (κ1) is 19.9. The van der Waals surface area contributed by atoms with E-state index in [1.165, 1.54) is 11.3 Å². The normalized spacial score (nSPS) is 11.8. The third kappa shape index (κ3) is 4.69. The fourth-order valence-corrected chi connectivity index (χ4v) is 3.31. The molecular formula is C20H23N3O4S. The second-order valence-corrected chi connectivity index (χ2v) is 6.98. The van der Waals surface area contributed by atoms with Gasteiger partial charge in [0, 0.05) is 6.54 Å². The quantitative estimate of drug-likeness (QED) is 0.539. The molecule has 0 fully saturated rings. The van der Waals surface area contributed by atoms with E-state index in [1.807, 2.05) is 31.4 Å². The van der Waals surface area contributed by atoms with Gasteiger partial charge >= 0.3 is 0 Å². The van der Waals surface area contributed by atoms with E-state index >= 15 is 0 Å². The number of amides is 1. The van der Waals surface area contributed by atoms with Gasteiger partial charge in [0.05, 0.1) is 12.0 Å². The molecule has 0 bridgehead atoms. The van der Waals surface area contributed by atoms with Crippen LogP contribution in [0.1, 0.15) is 26.2 Å². The molecule has 0 radical (unpaired) electrons. The molecule has 0 spiro atoms. The number of hydrogen-bond donors (Lipinski definition) is 0. The molecule has 1 unspecified atom stereocenters. The topological polar surface area (TPSA) is 77.7 Å². The molecule has 148 valence electrons. The summed E-state index contributed by atoms with van der Waals surface area (Å²) in [6.07, 6.45) is -0.0425. The number of nitrogens with zero attached hydrogens (tertiary/aromatic N) is 3. The number of methoxy groups -OCH3 is 1. The number of ether oxygens (including phenoxy) is 2. The Morgan fingerprint density at radius 1 is 1.21 bits per heavy atom. The molecule has 3 aromatic rings. The van der Waals surface area contributed by atoms with Gasteiger partial charge < -0.3 is 18.9 Å². The summed E-state index contributed by atoms with van der Waals surface area (Å²) in [6.45, 7) is 4.59. The van der Waals surface area contributed by atoms with E-state index in [9.17, 15) is 4.79 Å². The Bertz CT molecular complexity index is 877. The van der Waals surface area contributed by atoms with E-state index in [0.29, 0.717) is 30.4 Å². The number of likely N-dealkylation sites (N-methyl/N-ethyl adjacent to an activating group) is 1. The lowest BCUT2D eigenvalue weighted by Gasteiger charge is -2.25. The van der Waals surface area contributed by atoms with Crippen LogP contribution in [-0.4, -0.2) is 40.7 Å². The van der Waals surface area contributed by atoms with Gasteiger partial charge in [-0.25, -0.2) is 0 Å². The minimum atomic E-state index is -0.590. The molecule has 28 heavy (non-hydrogen) atoms. The zero-order chi connectivity index (χ0) is 19.9. The molecule has 0 saturated carbocycles. The molecular weight excluding hydrogens is 378 g/mol. The molecule has 8 heteroatoms. The SMILES string of the molecule is CCC(Oc1ccc(OC)cc1)C(=O)N(CC)Cc1nc(-c2cccs2)no1. The van der Waals surface area contributed by atoms with Gasteiger partial charge in [0.15, 0.2) is 6.10 Å². The minimum absolute atomic E-state index is 0.114. The van der Waals surface area contributed by atoms with E-state index in [4.69, 9.17) is 14.0 Å². The van der Waals surface area contributed by atoms with Crippen LogP contribution in [0.3, 0.4) is 0 Å². The average Bonchev–Trinajstić information content (AvgIpc) is 3.42. The van der Waals surface area contributed by atoms with E-state index in [2.05, 4.69) is 10.1 Å². The third-order valence-corrected chi connectivity index (χ3v) is 5.08. The van der Waals surface area contributed by atoms with E-state index in [1.54, 1.807) is 36.3 Å². The van der Waals surface area contributed by atoms with Gasteiger partial charge in [-0.15, -0.1) is 11.3 Å². The standard InChI is InChI=1S/C20H23N3O4S/c1-4-16(26-15-10-8-14(25-3)9-11-15)20(24)23(5-2)13-18-21-19(22-27-18)17-7-6-12-28-17/h6-12,16H,4-5,13H2,1-3H3. The van der Waals surface area contributed by atoms with Gasteiger partial charge in [-0.3, -0.25) is 4.79 Å². The predicted octanol–water partition coefficient (Wildman–Crippen LogP) is 4.01. The maximum absolute atomic E-state index is 13.0. The average molecular weight is 401 g/mol. The summed E-state index contributed by atoms with van der Waals surface area (Å²) in [6, 6.07) is 11.0. The van der Waals surface area contributed by atoms with Gasteiger partial charge in [0.1, 0.15) is 18.0 Å². The van der Waals surface area contributed by atoms with Crippen LogP contribution in [0.2, 0.25) is 0 Å². The van der Waals surface area contributed by atoms with Crippen LogP contribution in [0.5, 0.6) is 11.5 Å². The first-order valence-electron chi connectivity index (χ1n) is 9.10. The maximum atomic E-state index is 13.0. The highest BCUT2D eigenvalue weighted by atomic mass is 32.1. The van der Waals surface area contributed by atoms with E-state index in [-0.39, 0.29) is 12.5 Å². The van der Waals surface area contributed by atoms with Crippen LogP contribution < -0.4 is 9.47 Å². The van der Waals surface area contributed by atoms with Gasteiger partial charge in [0.25, 0.3) is 5.91 Å². The zero-order valence-electron chi connectivity index (χ0n) is 16.1. The first-order valence-corrected chi connectivity index (χ1v) is 9.98. The number of thiophene rings is 1. The largest absolute Gasteiger partial charge is 0.497 e. The van der Waals surface area contributed by atoms with Gasteiger partial charge in [-0.1, -0.05) is 18.1 Å². The van der Waals surface area contributed by atoms with Crippen molar-refractivity contribution < 1.29 is 18.8 Å². The Hall–Kier alpha value is -2.87. The monoisotopic (exact) mass is 401 g/mol. The second-order valence-electron chi connectivity index (χ2n) is 6.03. The van der Waals surface area contributed by atoms with Gasteiger partial charge in [0.2, 0.25) is 11.7 Å². The molecule has 7 nitrogen and oxygen atoms in total. The fraction of sp³-hybridized carbons (Fsp3) is 0.350. The number of rotatable bonds is 9. The van der Waals surface area contributed by atoms with Crippen LogP contribution in [0.25, 0.3) is 10.7 Å². The third-order valence-electron chi connectivity index (χ3n) is 4.21. The highest BCUT2D eigenvalue weighted by Crippen LogP contribution is 2.22. The van der Waals surface area contributed by atoms with Gasteiger partial charge in [-0.2, -0.15) is 4.98 Å². The summed E-state index contributed by atoms with van der Waals surface area (Å²) in [7, 11) is 1.61. The molecule has 0 aliphatic rings. The molecule has 1 aromatic carbocycles. The maximum Gasteiger partial charge on any atom is 0.264 e. The van der Waals surface area contributed by atoms with Crippen molar-refractivity contribution in [3.05, 3.63) is 47.7 Å². The second kappa shape index (κ2) is 9.36. The lowest BCUT2D eigenvalue weighted by atomic mass is 10.2. The summed E-state index contributed by atoms with van der Waals surface area (Å²) in [4.78, 5) is 19.9. The molecule has 3 rings (SSSR count). The van der Waals surface area contributed by atoms with Gasteiger partial charge in [-0.05, 0) is 49.1 Å². The first-order chi connectivity index (χ1) is 13.6. The van der Waals surface area contributed by atoms with Crippen molar-refractivity contribution in [2.45, 2.75) is 32.9 Å². The molecule has 2 heterocycles. The van der Waals surface area contributed by atoms with Crippen LogP contribution >= 0.6 is 11.3 Å². The van der Waals surface area contributed by atoms with Crippen molar-refractivity contribution in [1.82, 2.24) is 15.0 Å². The number of carbonyl (C=O) groups is 1. The van der Waals surface area contributed by atoms with Crippen molar-refractivity contribution >= 4 is 17.2 Å². The van der Waals surface area contributed by atoms with Crippen molar-refractivity contribution in [2.24, 2.45) is 0 Å². The zero-order valence-corrected chi connectivity index (χ0v) is 16.9. The van der Waals surface area contributed by atoms with Crippen molar-refractivity contribution in [3.63, 3.8) is 0 Å². The lowest BCUT2D eigenvalue weighted by Crippen LogP contribution is -2.41. The number of benzene rings is 1. The Morgan fingerprint density at radius 3 is 2.57 bits per heavy atom. The summed E-state index contributed by atoms with van der Waals surface area (Å²) in [5.41, 5.74) is 0. The van der Waals surface area contributed by atoms with Crippen LogP contribution in [0.4, 0.5) is 0 Å². The Morgan fingerprint density at radius 2 is 1.96 bits per heavy atom. The highest BCUT2D eigenvalue weighted by Gasteiger charge is 2.25. The van der Waals surface area contributed by atoms with Crippen LogP contribution in [-0.2, 0) is 11.3 Å². The van der Waals surface area contributed by atoms with E-state index in [0.717, 1.165) is 10.6 Å². The number of carbonyl (C=O) groups excluding carboxylic acids is 1. The molecule has 0 aliphatic carbocycles. The minimum Gasteiger partial charge on any atom is -0.497 e. The predicted molar refractivity (Wildman–Crippen MR) is 106 cm³/mol. The van der Waals surface area contributed by atoms with E-state index < -0.39 is 6.10 Å². The lowest BCUT2D eigenvalue weighted by molar-refractivity contribution is -0.139. The molecule has 0 saturated heterocycles. The number of hydrogen-bond acceptors (Lipinski definition) is 7. The Labute approximate surface area is 167 Å². The molecule has 1 amide bonds. The van der Waals surface area contributed by atoms with Crippen molar-refractivity contribution in [1.29, 1.82) is 0 Å². The smallest absolute Gasteiger partial charge is 0.264 e. The summed E-state index contributed by atoms with van der Waals surface area (Å²) >= 11 is 1.54. The van der Waals surface area contributed by atoms with Crippen LogP contribution in [0, 0.1) is 0 Å². The molecule has 0 N–H and O–H groups in total. The van der Waals surface area contributed by atoms with Crippen LogP contribution in [0.15, 0.2) is 46.3 Å². The number of aromatic nitrogens is 2. The summed E-state index contributed by atoms with van der Waals surface area (Å²) in [5, 5.41) is 5.95. The van der Waals surface area contributed by atoms with Crippen molar-refractivity contribution in [2.75, 3.05) is 13.7 Å². The fourth-order valence-electron chi connectivity index (χ4n) is 2.66.